The van der Waals surface area contributed by atoms with Crippen LogP contribution in [0.3, 0.4) is 0 Å². The van der Waals surface area contributed by atoms with Gasteiger partial charge < -0.3 is 39.9 Å². The van der Waals surface area contributed by atoms with Gasteiger partial charge in [-0.2, -0.15) is 0 Å². The van der Waals surface area contributed by atoms with Crippen LogP contribution in [0.1, 0.15) is 187 Å². The molecule has 0 aromatic rings. The van der Waals surface area contributed by atoms with Crippen LogP contribution in [0, 0.1) is 0 Å². The zero-order valence-corrected chi connectivity index (χ0v) is 36.5. The van der Waals surface area contributed by atoms with Gasteiger partial charge in [0.15, 0.2) is 0 Å². The quantitative estimate of drug-likeness (QED) is 0.0150. The fourth-order valence-electron chi connectivity index (χ4n) is 6.91. The van der Waals surface area contributed by atoms with Crippen LogP contribution in [0.5, 0.6) is 0 Å². The van der Waals surface area contributed by atoms with E-state index in [2.05, 4.69) is 38.2 Å². The molecule has 1 aliphatic rings. The van der Waals surface area contributed by atoms with E-state index in [9.17, 15) is 39.8 Å². The highest BCUT2D eigenvalue weighted by Crippen LogP contribution is 2.47. The van der Waals surface area contributed by atoms with Gasteiger partial charge >= 0.3 is 13.8 Å². The smallest absolute Gasteiger partial charge is 0.457 e. The van der Waals surface area contributed by atoms with Crippen molar-refractivity contribution in [2.45, 2.75) is 230 Å². The Labute approximate surface area is 345 Å². The number of unbranched alkanes of at least 4 members (excludes halogenated alkanes) is 22. The number of carbonyl (C=O) groups excluding carboxylic acids is 1. The molecule has 6 unspecified atom stereocenters. The third kappa shape index (κ3) is 28.1. The van der Waals surface area contributed by atoms with Gasteiger partial charge in [-0.25, -0.2) is 4.57 Å². The first-order valence-electron chi connectivity index (χ1n) is 22.7. The lowest BCUT2D eigenvalue weighted by Crippen LogP contribution is -2.64. The molecule has 0 bridgehead atoms. The van der Waals surface area contributed by atoms with Crippen LogP contribution >= 0.6 is 7.82 Å². The van der Waals surface area contributed by atoms with E-state index in [-0.39, 0.29) is 13.0 Å². The highest BCUT2D eigenvalue weighted by Gasteiger charge is 2.51. The molecule has 336 valence electrons. The minimum Gasteiger partial charge on any atom is -0.457 e. The molecule has 0 spiro atoms. The molecule has 0 radical (unpaired) electrons. The molecule has 0 aromatic carbocycles. The van der Waals surface area contributed by atoms with Gasteiger partial charge in [-0.15, -0.1) is 0 Å². The van der Waals surface area contributed by atoms with Gasteiger partial charge in [0.25, 0.3) is 0 Å². The number of aliphatic hydroxyl groups excluding tert-OH is 5. The summed E-state index contributed by atoms with van der Waals surface area (Å²) in [6, 6.07) is 0. The SMILES string of the molecule is CCCCC/C=C\C/C=C\CCCCCCCCCCCC(=O)OC(COCCCCCCCCCCCCC)COP(=O)(O)OC1C(O)C(O)C(O)C(O)C1O. The average molecular weight is 835 g/mol. The zero-order chi connectivity index (χ0) is 42.0. The summed E-state index contributed by atoms with van der Waals surface area (Å²) in [4.78, 5) is 23.1. The standard InChI is InChI=1S/C44H83O12P/c1-3-5-7-9-11-13-15-16-17-18-19-20-21-22-23-25-27-29-31-33-38(45)55-37(35-53-34-32-30-28-26-24-14-12-10-8-6-4-2)36-54-57(51,52)56-44-42(49)40(47)39(46)41(48)43(44)50/h11,13,16-17,37,39-44,46-50H,3-10,12,14-15,18-36H2,1-2H3,(H,51,52)/b13-11-,17-16-. The van der Waals surface area contributed by atoms with Gasteiger partial charge in [0.1, 0.15) is 42.7 Å². The Bertz CT molecular complexity index is 1040. The van der Waals surface area contributed by atoms with Crippen LogP contribution in [-0.4, -0.2) is 98.9 Å². The van der Waals surface area contributed by atoms with E-state index in [0.717, 1.165) is 51.4 Å². The molecule has 0 aromatic heterocycles. The Balaban J connectivity index is 2.38. The number of phosphoric acid groups is 1. The maximum Gasteiger partial charge on any atom is 0.472 e. The molecule has 13 heteroatoms. The summed E-state index contributed by atoms with van der Waals surface area (Å²) < 4.78 is 34.1. The lowest BCUT2D eigenvalue weighted by molar-refractivity contribution is -0.220. The minimum absolute atomic E-state index is 0.0748. The second-order valence-corrected chi connectivity index (χ2v) is 17.3. The maximum atomic E-state index is 12.8. The molecule has 12 nitrogen and oxygen atoms in total. The van der Waals surface area contributed by atoms with Gasteiger partial charge in [0.2, 0.25) is 0 Å². The molecular formula is C44H83O12P. The Morgan fingerprint density at radius 2 is 0.982 bits per heavy atom. The molecular weight excluding hydrogens is 751 g/mol. The highest BCUT2D eigenvalue weighted by molar-refractivity contribution is 7.47. The van der Waals surface area contributed by atoms with Crippen molar-refractivity contribution in [2.75, 3.05) is 19.8 Å². The summed E-state index contributed by atoms with van der Waals surface area (Å²) in [5.74, 6) is -0.481. The molecule has 6 atom stereocenters. The molecule has 1 fully saturated rings. The second kappa shape index (κ2) is 35.6. The van der Waals surface area contributed by atoms with Gasteiger partial charge in [0.05, 0.1) is 13.2 Å². The normalized spacial score (nSPS) is 23.0. The summed E-state index contributed by atoms with van der Waals surface area (Å²) in [6.07, 6.45) is 26.7. The van der Waals surface area contributed by atoms with E-state index in [1.807, 2.05) is 0 Å². The van der Waals surface area contributed by atoms with E-state index in [1.54, 1.807) is 0 Å². The fraction of sp³-hybridized carbons (Fsp3) is 0.886. The summed E-state index contributed by atoms with van der Waals surface area (Å²) in [6.45, 7) is 4.23. The van der Waals surface area contributed by atoms with Crippen molar-refractivity contribution in [1.82, 2.24) is 0 Å². The second-order valence-electron chi connectivity index (χ2n) is 15.9. The summed E-state index contributed by atoms with van der Waals surface area (Å²) >= 11 is 0. The Hall–Kier alpha value is -1.18. The maximum absolute atomic E-state index is 12.8. The lowest BCUT2D eigenvalue weighted by atomic mass is 9.85. The van der Waals surface area contributed by atoms with Crippen LogP contribution in [-0.2, 0) is 27.9 Å². The van der Waals surface area contributed by atoms with E-state index in [1.165, 1.54) is 109 Å². The number of rotatable bonds is 38. The topological polar surface area (TPSA) is 192 Å². The monoisotopic (exact) mass is 835 g/mol. The van der Waals surface area contributed by atoms with E-state index < -0.39 is 63.1 Å². The number of hydrogen-bond acceptors (Lipinski definition) is 11. The predicted octanol–water partition coefficient (Wildman–Crippen LogP) is 8.92. The Morgan fingerprint density at radius 3 is 1.51 bits per heavy atom. The molecule has 6 N–H and O–H groups in total. The number of hydrogen-bond donors (Lipinski definition) is 6. The first-order valence-corrected chi connectivity index (χ1v) is 24.2. The van der Waals surface area contributed by atoms with E-state index >= 15 is 0 Å². The van der Waals surface area contributed by atoms with Crippen molar-refractivity contribution in [3.8, 4) is 0 Å². The average Bonchev–Trinajstić information content (AvgIpc) is 3.19. The van der Waals surface area contributed by atoms with Gasteiger partial charge in [-0.05, 0) is 44.9 Å². The third-order valence-electron chi connectivity index (χ3n) is 10.6. The van der Waals surface area contributed by atoms with Crippen molar-refractivity contribution >= 4 is 13.8 Å². The largest absolute Gasteiger partial charge is 0.472 e. The predicted molar refractivity (Wildman–Crippen MR) is 226 cm³/mol. The van der Waals surface area contributed by atoms with Crippen LogP contribution in [0.2, 0.25) is 0 Å². The van der Waals surface area contributed by atoms with Crippen LogP contribution in [0.15, 0.2) is 24.3 Å². The number of aliphatic hydroxyl groups is 5. The molecule has 1 aliphatic carbocycles. The molecule has 1 rings (SSSR count). The third-order valence-corrected chi connectivity index (χ3v) is 11.6. The van der Waals surface area contributed by atoms with Crippen LogP contribution in [0.25, 0.3) is 0 Å². The number of allylic oxidation sites excluding steroid dienone is 4. The minimum atomic E-state index is -5.01. The molecule has 0 aliphatic heterocycles. The summed E-state index contributed by atoms with van der Waals surface area (Å²) in [5.41, 5.74) is 0. The molecule has 1 saturated carbocycles. The first kappa shape index (κ1) is 53.8. The first-order chi connectivity index (χ1) is 27.5. The highest BCUT2D eigenvalue weighted by atomic mass is 31.2. The van der Waals surface area contributed by atoms with Crippen molar-refractivity contribution in [2.24, 2.45) is 0 Å². The molecule has 57 heavy (non-hydrogen) atoms. The molecule has 0 heterocycles. The Morgan fingerprint density at radius 1 is 0.561 bits per heavy atom. The zero-order valence-electron chi connectivity index (χ0n) is 35.6. The number of carbonyl (C=O) groups is 1. The number of ether oxygens (including phenoxy) is 2. The van der Waals surface area contributed by atoms with Crippen LogP contribution < -0.4 is 0 Å². The Kier molecular flexibility index (Phi) is 33.6. The summed E-state index contributed by atoms with van der Waals surface area (Å²) in [5, 5.41) is 50.1. The van der Waals surface area contributed by atoms with Crippen molar-refractivity contribution in [1.29, 1.82) is 0 Å². The summed E-state index contributed by atoms with van der Waals surface area (Å²) in [7, 11) is -5.01. The van der Waals surface area contributed by atoms with Crippen molar-refractivity contribution < 1.29 is 58.3 Å². The van der Waals surface area contributed by atoms with Gasteiger partial charge in [-0.1, -0.05) is 160 Å². The fourth-order valence-corrected chi connectivity index (χ4v) is 7.89. The lowest BCUT2D eigenvalue weighted by Gasteiger charge is -2.41. The molecule has 0 amide bonds. The van der Waals surface area contributed by atoms with Gasteiger partial charge in [-0.3, -0.25) is 13.8 Å². The van der Waals surface area contributed by atoms with E-state index in [4.69, 9.17) is 18.5 Å². The van der Waals surface area contributed by atoms with Crippen molar-refractivity contribution in [3.05, 3.63) is 24.3 Å². The van der Waals surface area contributed by atoms with Gasteiger partial charge in [0, 0.05) is 13.0 Å². The number of phosphoric ester groups is 1. The van der Waals surface area contributed by atoms with E-state index in [0.29, 0.717) is 13.0 Å². The molecule has 0 saturated heterocycles. The van der Waals surface area contributed by atoms with Crippen molar-refractivity contribution in [3.63, 3.8) is 0 Å². The number of esters is 1. The van der Waals surface area contributed by atoms with Crippen LogP contribution in [0.4, 0.5) is 0 Å².